The summed E-state index contributed by atoms with van der Waals surface area (Å²) in [5.74, 6) is -0.275. The van der Waals surface area contributed by atoms with Crippen LogP contribution < -0.4 is 5.32 Å². The Morgan fingerprint density at radius 1 is 1.62 bits per heavy atom. The fourth-order valence-electron chi connectivity index (χ4n) is 1.17. The molecule has 0 aliphatic heterocycles. The third-order valence-electron chi connectivity index (χ3n) is 2.04. The molecule has 0 spiro atoms. The number of aliphatic hydroxyl groups excluding tert-OH is 2. The molecular weight excluding hydrogens is 232 g/mol. The van der Waals surface area contributed by atoms with Gasteiger partial charge in [-0.15, -0.1) is 0 Å². The number of nitrogens with zero attached hydrogens (tertiary/aromatic N) is 1. The maximum absolute atomic E-state index is 10.6. The van der Waals surface area contributed by atoms with Gasteiger partial charge in [0.2, 0.25) is 5.91 Å². The first-order chi connectivity index (χ1) is 7.52. The van der Waals surface area contributed by atoms with Crippen molar-refractivity contribution in [1.82, 2.24) is 10.3 Å². The van der Waals surface area contributed by atoms with E-state index in [1.165, 1.54) is 25.4 Å². The van der Waals surface area contributed by atoms with Gasteiger partial charge in [-0.25, -0.2) is 0 Å². The lowest BCUT2D eigenvalue weighted by Gasteiger charge is -2.18. The van der Waals surface area contributed by atoms with Crippen molar-refractivity contribution in [3.05, 3.63) is 29.0 Å². The van der Waals surface area contributed by atoms with Crippen molar-refractivity contribution in [1.29, 1.82) is 0 Å². The van der Waals surface area contributed by atoms with Crippen molar-refractivity contribution < 1.29 is 15.0 Å². The molecule has 2 unspecified atom stereocenters. The summed E-state index contributed by atoms with van der Waals surface area (Å²) in [6, 6.07) is 1.52. The van der Waals surface area contributed by atoms with Crippen LogP contribution in [0.15, 0.2) is 18.5 Å². The van der Waals surface area contributed by atoms with Crippen molar-refractivity contribution >= 4 is 17.5 Å². The van der Waals surface area contributed by atoms with E-state index in [2.05, 4.69) is 10.3 Å². The molecule has 1 amide bonds. The molecule has 1 aromatic heterocycles. The van der Waals surface area contributed by atoms with Crippen molar-refractivity contribution in [3.63, 3.8) is 0 Å². The summed E-state index contributed by atoms with van der Waals surface area (Å²) in [6.07, 6.45) is 0.571. The summed E-state index contributed by atoms with van der Waals surface area (Å²) in [7, 11) is 0. The zero-order valence-electron chi connectivity index (χ0n) is 8.72. The Kier molecular flexibility index (Phi) is 4.67. The van der Waals surface area contributed by atoms with Crippen molar-refractivity contribution in [2.45, 2.75) is 19.1 Å². The molecule has 1 heterocycles. The van der Waals surface area contributed by atoms with E-state index in [0.717, 1.165) is 0 Å². The summed E-state index contributed by atoms with van der Waals surface area (Å²) in [4.78, 5) is 14.4. The monoisotopic (exact) mass is 244 g/mol. The van der Waals surface area contributed by atoms with Gasteiger partial charge in [-0.2, -0.15) is 0 Å². The molecule has 88 valence electrons. The lowest BCUT2D eigenvalue weighted by molar-refractivity contribution is -0.119. The summed E-state index contributed by atoms with van der Waals surface area (Å²) >= 11 is 5.83. The van der Waals surface area contributed by atoms with Crippen LogP contribution in [0.2, 0.25) is 5.02 Å². The summed E-state index contributed by atoms with van der Waals surface area (Å²) in [5, 5.41) is 22.1. The summed E-state index contributed by atoms with van der Waals surface area (Å²) in [5.41, 5.74) is 0.335. The molecule has 0 radical (unpaired) electrons. The number of nitrogens with one attached hydrogen (secondary N) is 1. The fraction of sp³-hybridized carbons (Fsp3) is 0.400. The minimum absolute atomic E-state index is 0.0400. The SMILES string of the molecule is CC(=O)NCC(O)C(O)c1cnccc1Cl. The van der Waals surface area contributed by atoms with E-state index in [9.17, 15) is 15.0 Å². The van der Waals surface area contributed by atoms with E-state index >= 15 is 0 Å². The third-order valence-corrected chi connectivity index (χ3v) is 2.38. The molecule has 0 bridgehead atoms. The van der Waals surface area contributed by atoms with Crippen LogP contribution in [0, 0.1) is 0 Å². The second-order valence-electron chi connectivity index (χ2n) is 3.35. The Morgan fingerprint density at radius 3 is 2.88 bits per heavy atom. The van der Waals surface area contributed by atoms with Crippen LogP contribution in [-0.2, 0) is 4.79 Å². The van der Waals surface area contributed by atoms with E-state index in [1.54, 1.807) is 0 Å². The maximum atomic E-state index is 10.6. The fourth-order valence-corrected chi connectivity index (χ4v) is 1.39. The molecule has 0 saturated carbocycles. The molecule has 0 saturated heterocycles. The van der Waals surface area contributed by atoms with E-state index in [-0.39, 0.29) is 12.5 Å². The Balaban J connectivity index is 2.66. The third kappa shape index (κ3) is 3.44. The first kappa shape index (κ1) is 12.9. The van der Waals surface area contributed by atoms with Crippen molar-refractivity contribution in [2.75, 3.05) is 6.54 Å². The van der Waals surface area contributed by atoms with Gasteiger partial charge in [-0.05, 0) is 6.07 Å². The van der Waals surface area contributed by atoms with Gasteiger partial charge in [0, 0.05) is 36.4 Å². The van der Waals surface area contributed by atoms with Gasteiger partial charge in [0.15, 0.2) is 0 Å². The normalized spacial score (nSPS) is 14.2. The number of hydrogen-bond donors (Lipinski definition) is 3. The molecular formula is C10H13ClN2O3. The van der Waals surface area contributed by atoms with Gasteiger partial charge in [-0.1, -0.05) is 11.6 Å². The Bertz CT molecular complexity index is 373. The average Bonchev–Trinajstić information content (AvgIpc) is 2.25. The number of carbonyl (C=O) groups excluding carboxylic acids is 1. The number of halogens is 1. The van der Waals surface area contributed by atoms with Crippen LogP contribution >= 0.6 is 11.6 Å². The number of rotatable bonds is 4. The Hall–Kier alpha value is -1.17. The lowest BCUT2D eigenvalue weighted by Crippen LogP contribution is -2.34. The quantitative estimate of drug-likeness (QED) is 0.710. The van der Waals surface area contributed by atoms with Gasteiger partial charge in [0.1, 0.15) is 12.2 Å². The molecule has 0 aromatic carbocycles. The minimum Gasteiger partial charge on any atom is -0.388 e. The van der Waals surface area contributed by atoms with E-state index in [0.29, 0.717) is 10.6 Å². The van der Waals surface area contributed by atoms with E-state index in [4.69, 9.17) is 11.6 Å². The van der Waals surface area contributed by atoms with Gasteiger partial charge < -0.3 is 15.5 Å². The van der Waals surface area contributed by atoms with Crippen LogP contribution in [-0.4, -0.2) is 33.8 Å². The highest BCUT2D eigenvalue weighted by atomic mass is 35.5. The number of carbonyl (C=O) groups is 1. The van der Waals surface area contributed by atoms with Gasteiger partial charge in [-0.3, -0.25) is 9.78 Å². The largest absolute Gasteiger partial charge is 0.388 e. The Labute approximate surface area is 98.1 Å². The molecule has 5 nitrogen and oxygen atoms in total. The van der Waals surface area contributed by atoms with E-state index < -0.39 is 12.2 Å². The summed E-state index contributed by atoms with van der Waals surface area (Å²) < 4.78 is 0. The second kappa shape index (κ2) is 5.79. The number of aliphatic hydroxyl groups is 2. The minimum atomic E-state index is -1.17. The highest BCUT2D eigenvalue weighted by Crippen LogP contribution is 2.23. The number of hydrogen-bond acceptors (Lipinski definition) is 4. The first-order valence-electron chi connectivity index (χ1n) is 4.72. The number of pyridine rings is 1. The number of aromatic nitrogens is 1. The predicted molar refractivity (Wildman–Crippen MR) is 58.9 cm³/mol. The van der Waals surface area contributed by atoms with Crippen molar-refractivity contribution in [2.24, 2.45) is 0 Å². The standard InChI is InChI=1S/C10H13ClN2O3/c1-6(14)13-5-9(15)10(16)7-4-12-3-2-8(7)11/h2-4,9-10,15-16H,5H2,1H3,(H,13,14). The topological polar surface area (TPSA) is 82.5 Å². The zero-order valence-corrected chi connectivity index (χ0v) is 9.48. The van der Waals surface area contributed by atoms with Crippen molar-refractivity contribution in [3.8, 4) is 0 Å². The number of amides is 1. The predicted octanol–water partition coefficient (Wildman–Crippen LogP) is 0.265. The maximum Gasteiger partial charge on any atom is 0.216 e. The van der Waals surface area contributed by atoms with Crippen LogP contribution in [0.3, 0.4) is 0 Å². The molecule has 6 heteroatoms. The highest BCUT2D eigenvalue weighted by molar-refractivity contribution is 6.31. The highest BCUT2D eigenvalue weighted by Gasteiger charge is 2.20. The lowest BCUT2D eigenvalue weighted by atomic mass is 10.1. The van der Waals surface area contributed by atoms with Crippen LogP contribution in [0.5, 0.6) is 0 Å². The van der Waals surface area contributed by atoms with Crippen LogP contribution in [0.1, 0.15) is 18.6 Å². The molecule has 16 heavy (non-hydrogen) atoms. The van der Waals surface area contributed by atoms with Crippen LogP contribution in [0.4, 0.5) is 0 Å². The molecule has 1 aromatic rings. The van der Waals surface area contributed by atoms with Crippen LogP contribution in [0.25, 0.3) is 0 Å². The first-order valence-corrected chi connectivity index (χ1v) is 5.10. The van der Waals surface area contributed by atoms with E-state index in [1.807, 2.05) is 0 Å². The van der Waals surface area contributed by atoms with Gasteiger partial charge in [0.05, 0.1) is 0 Å². The smallest absolute Gasteiger partial charge is 0.216 e. The average molecular weight is 245 g/mol. The Morgan fingerprint density at radius 2 is 2.31 bits per heavy atom. The van der Waals surface area contributed by atoms with Gasteiger partial charge >= 0.3 is 0 Å². The summed E-state index contributed by atoms with van der Waals surface area (Å²) in [6.45, 7) is 1.29. The molecule has 0 fully saturated rings. The molecule has 3 N–H and O–H groups in total. The molecule has 2 atom stereocenters. The van der Waals surface area contributed by atoms with Gasteiger partial charge in [0.25, 0.3) is 0 Å². The molecule has 1 rings (SSSR count). The second-order valence-corrected chi connectivity index (χ2v) is 3.75. The zero-order chi connectivity index (χ0) is 12.1. The molecule has 0 aliphatic carbocycles. The molecule has 0 aliphatic rings.